The first-order chi connectivity index (χ1) is 5.79. The maximum Gasteiger partial charge on any atom is 0.0441 e. The van der Waals surface area contributed by atoms with Crippen molar-refractivity contribution in [2.75, 3.05) is 7.05 Å². The van der Waals surface area contributed by atoms with Crippen molar-refractivity contribution in [3.05, 3.63) is 47.3 Å². The highest BCUT2D eigenvalue weighted by molar-refractivity contribution is 5.45. The Morgan fingerprint density at radius 3 is 2.92 bits per heavy atom. The summed E-state index contributed by atoms with van der Waals surface area (Å²) >= 11 is 0. The van der Waals surface area contributed by atoms with Gasteiger partial charge in [0.25, 0.3) is 0 Å². The van der Waals surface area contributed by atoms with Gasteiger partial charge in [0.2, 0.25) is 0 Å². The number of nitrogens with zero attached hydrogens (tertiary/aromatic N) is 1. The second-order valence-electron chi connectivity index (χ2n) is 3.24. The van der Waals surface area contributed by atoms with E-state index in [9.17, 15) is 0 Å². The number of fused-ring (bicyclic) bond motifs is 1. The molecule has 0 N–H and O–H groups in total. The molecular weight excluding hydrogens is 146 g/mol. The minimum atomic E-state index is 1.07. The quantitative estimate of drug-likeness (QED) is 0.525. The normalized spacial score (nSPS) is 21.2. The van der Waals surface area contributed by atoms with Gasteiger partial charge >= 0.3 is 0 Å². The summed E-state index contributed by atoms with van der Waals surface area (Å²) in [6, 6.07) is 0. The molecule has 0 saturated heterocycles. The third-order valence-corrected chi connectivity index (χ3v) is 2.47. The topological polar surface area (TPSA) is 3.24 Å². The van der Waals surface area contributed by atoms with Crippen LogP contribution in [0, 0.1) is 0 Å². The molecule has 12 heavy (non-hydrogen) atoms. The van der Waals surface area contributed by atoms with Crippen LogP contribution in [0.25, 0.3) is 0 Å². The Bertz CT molecular complexity index is 316. The van der Waals surface area contributed by atoms with E-state index < -0.39 is 0 Å². The van der Waals surface area contributed by atoms with Crippen molar-refractivity contribution in [2.24, 2.45) is 0 Å². The van der Waals surface area contributed by atoms with Crippen LogP contribution >= 0.6 is 0 Å². The van der Waals surface area contributed by atoms with E-state index in [0.29, 0.717) is 0 Å². The molecule has 0 radical (unpaired) electrons. The van der Waals surface area contributed by atoms with Crippen molar-refractivity contribution in [1.82, 2.24) is 4.90 Å². The zero-order valence-corrected chi connectivity index (χ0v) is 7.54. The second-order valence-corrected chi connectivity index (χ2v) is 3.24. The van der Waals surface area contributed by atoms with E-state index in [-0.39, 0.29) is 0 Å². The Morgan fingerprint density at radius 2 is 2.08 bits per heavy atom. The third kappa shape index (κ3) is 1.02. The van der Waals surface area contributed by atoms with Gasteiger partial charge in [-0.15, -0.1) is 0 Å². The Morgan fingerprint density at radius 1 is 1.25 bits per heavy atom. The van der Waals surface area contributed by atoms with Crippen LogP contribution in [0.4, 0.5) is 0 Å². The van der Waals surface area contributed by atoms with Crippen molar-refractivity contribution >= 4 is 0 Å². The van der Waals surface area contributed by atoms with Crippen molar-refractivity contribution in [1.29, 1.82) is 0 Å². The molecule has 0 fully saturated rings. The van der Waals surface area contributed by atoms with Gasteiger partial charge in [0.05, 0.1) is 0 Å². The fourth-order valence-electron chi connectivity index (χ4n) is 1.57. The summed E-state index contributed by atoms with van der Waals surface area (Å²) in [5, 5.41) is 0. The molecule has 0 bridgehead atoms. The zero-order valence-electron chi connectivity index (χ0n) is 7.54. The van der Waals surface area contributed by atoms with Crippen LogP contribution < -0.4 is 0 Å². The molecule has 1 nitrogen and oxygen atoms in total. The van der Waals surface area contributed by atoms with Gasteiger partial charge in [-0.3, -0.25) is 0 Å². The molecule has 0 aromatic carbocycles. The average molecular weight is 159 g/mol. The van der Waals surface area contributed by atoms with Gasteiger partial charge < -0.3 is 4.90 Å². The third-order valence-electron chi connectivity index (χ3n) is 2.47. The summed E-state index contributed by atoms with van der Waals surface area (Å²) < 4.78 is 0. The molecule has 1 aliphatic carbocycles. The first-order valence-corrected chi connectivity index (χ1v) is 4.27. The van der Waals surface area contributed by atoms with E-state index in [1.54, 1.807) is 0 Å². The SMILES string of the molecule is CC1=CC=C2CC=CC=C2N1C. The van der Waals surface area contributed by atoms with Crippen LogP contribution in [0.3, 0.4) is 0 Å². The first kappa shape index (κ1) is 7.41. The van der Waals surface area contributed by atoms with Crippen LogP contribution in [-0.4, -0.2) is 11.9 Å². The first-order valence-electron chi connectivity index (χ1n) is 4.27. The van der Waals surface area contributed by atoms with Crippen LogP contribution in [0.2, 0.25) is 0 Å². The molecule has 2 rings (SSSR count). The summed E-state index contributed by atoms with van der Waals surface area (Å²) in [4.78, 5) is 2.23. The molecule has 0 spiro atoms. The molecule has 0 aromatic rings. The van der Waals surface area contributed by atoms with E-state index in [1.165, 1.54) is 17.0 Å². The highest BCUT2D eigenvalue weighted by Crippen LogP contribution is 2.28. The summed E-state index contributed by atoms with van der Waals surface area (Å²) in [6.07, 6.45) is 11.9. The van der Waals surface area contributed by atoms with Gasteiger partial charge in [-0.25, -0.2) is 0 Å². The van der Waals surface area contributed by atoms with Crippen molar-refractivity contribution < 1.29 is 0 Å². The van der Waals surface area contributed by atoms with Gasteiger partial charge in [-0.1, -0.05) is 18.2 Å². The maximum absolute atomic E-state index is 2.23. The summed E-state index contributed by atoms with van der Waals surface area (Å²) in [7, 11) is 2.11. The number of likely N-dealkylation sites (N-methyl/N-ethyl adjacent to an activating group) is 1. The van der Waals surface area contributed by atoms with Crippen LogP contribution in [-0.2, 0) is 0 Å². The van der Waals surface area contributed by atoms with E-state index >= 15 is 0 Å². The lowest BCUT2D eigenvalue weighted by Crippen LogP contribution is -2.20. The molecule has 1 heterocycles. The monoisotopic (exact) mass is 159 g/mol. The van der Waals surface area contributed by atoms with E-state index in [0.717, 1.165) is 6.42 Å². The Labute approximate surface area is 73.4 Å². The molecule has 0 atom stereocenters. The standard InChI is InChI=1S/C11H13N/c1-9-7-8-10-5-3-4-6-11(10)12(9)2/h3-4,6-8H,5H2,1-2H3. The van der Waals surface area contributed by atoms with Crippen LogP contribution in [0.5, 0.6) is 0 Å². The van der Waals surface area contributed by atoms with Gasteiger partial charge in [0.15, 0.2) is 0 Å². The Kier molecular flexibility index (Phi) is 1.65. The fourth-order valence-corrected chi connectivity index (χ4v) is 1.57. The minimum absolute atomic E-state index is 1.07. The average Bonchev–Trinajstić information content (AvgIpc) is 2.12. The van der Waals surface area contributed by atoms with E-state index in [1.807, 2.05) is 0 Å². The van der Waals surface area contributed by atoms with Crippen molar-refractivity contribution in [2.45, 2.75) is 13.3 Å². The molecule has 1 aliphatic heterocycles. The highest BCUT2D eigenvalue weighted by Gasteiger charge is 2.14. The maximum atomic E-state index is 2.23. The number of allylic oxidation sites excluding steroid dienone is 7. The second kappa shape index (κ2) is 2.67. The lowest BCUT2D eigenvalue weighted by Gasteiger charge is -2.29. The molecule has 0 unspecified atom stereocenters. The number of hydrogen-bond acceptors (Lipinski definition) is 1. The molecule has 0 amide bonds. The summed E-state index contributed by atoms with van der Waals surface area (Å²) in [5.41, 5.74) is 4.07. The smallest absolute Gasteiger partial charge is 0.0441 e. The number of rotatable bonds is 0. The molecule has 1 heteroatoms. The van der Waals surface area contributed by atoms with Gasteiger partial charge in [0, 0.05) is 18.4 Å². The van der Waals surface area contributed by atoms with Gasteiger partial charge in [-0.05, 0) is 31.1 Å². The summed E-state index contributed by atoms with van der Waals surface area (Å²) in [5.74, 6) is 0. The largest absolute Gasteiger partial charge is 0.348 e. The molecule has 62 valence electrons. The summed E-state index contributed by atoms with van der Waals surface area (Å²) in [6.45, 7) is 2.13. The number of hydrogen-bond donors (Lipinski definition) is 0. The molecule has 0 aromatic heterocycles. The van der Waals surface area contributed by atoms with E-state index in [4.69, 9.17) is 0 Å². The Hall–Kier alpha value is -1.24. The Balaban J connectivity index is 2.43. The minimum Gasteiger partial charge on any atom is -0.348 e. The molecule has 2 aliphatic rings. The van der Waals surface area contributed by atoms with Crippen molar-refractivity contribution in [3.63, 3.8) is 0 Å². The molecular formula is C11H13N. The lowest BCUT2D eigenvalue weighted by atomic mass is 9.99. The van der Waals surface area contributed by atoms with Crippen molar-refractivity contribution in [3.8, 4) is 0 Å². The highest BCUT2D eigenvalue weighted by atomic mass is 15.1. The van der Waals surface area contributed by atoms with Gasteiger partial charge in [0.1, 0.15) is 0 Å². The predicted octanol–water partition coefficient (Wildman–Crippen LogP) is 2.61. The van der Waals surface area contributed by atoms with Gasteiger partial charge in [-0.2, -0.15) is 0 Å². The lowest BCUT2D eigenvalue weighted by molar-refractivity contribution is 0.519. The fraction of sp³-hybridized carbons (Fsp3) is 0.273. The van der Waals surface area contributed by atoms with Crippen LogP contribution in [0.1, 0.15) is 13.3 Å². The van der Waals surface area contributed by atoms with E-state index in [2.05, 4.69) is 49.3 Å². The zero-order chi connectivity index (χ0) is 8.55. The van der Waals surface area contributed by atoms with Crippen LogP contribution in [0.15, 0.2) is 47.3 Å². The predicted molar refractivity (Wildman–Crippen MR) is 51.4 cm³/mol. The molecule has 0 saturated carbocycles.